The molecule has 4 aromatic rings. The van der Waals surface area contributed by atoms with Gasteiger partial charge in [-0.2, -0.15) is 0 Å². The Morgan fingerprint density at radius 3 is 2.32 bits per heavy atom. The Labute approximate surface area is 176 Å². The van der Waals surface area contributed by atoms with Crippen LogP contribution in [0.3, 0.4) is 0 Å². The van der Waals surface area contributed by atoms with Crippen LogP contribution in [-0.2, 0) is 13.0 Å². The van der Waals surface area contributed by atoms with Crippen LogP contribution < -0.4 is 27.3 Å². The number of hydrogen-bond donors (Lipinski definition) is 1. The van der Waals surface area contributed by atoms with E-state index in [1.54, 1.807) is 18.2 Å². The van der Waals surface area contributed by atoms with E-state index in [4.69, 9.17) is 5.73 Å². The van der Waals surface area contributed by atoms with Crippen LogP contribution in [0, 0.1) is 11.6 Å². The summed E-state index contributed by atoms with van der Waals surface area (Å²) in [5.74, 6) is -0.495. The molecule has 28 heavy (non-hydrogen) atoms. The number of rotatable bonds is 5. The van der Waals surface area contributed by atoms with Crippen molar-refractivity contribution in [2.75, 3.05) is 0 Å². The van der Waals surface area contributed by atoms with Gasteiger partial charge in [-0.25, -0.2) is 18.3 Å². The van der Waals surface area contributed by atoms with Crippen molar-refractivity contribution in [3.8, 4) is 0 Å². The topological polar surface area (TPSA) is 42.8 Å². The van der Waals surface area contributed by atoms with Crippen molar-refractivity contribution in [3.63, 3.8) is 0 Å². The Hall–Kier alpha value is -2.22. The number of aromatic nitrogens is 2. The number of nitrogens with zero attached hydrogens (tertiary/aromatic N) is 2. The van der Waals surface area contributed by atoms with Gasteiger partial charge in [-0.3, -0.25) is 0 Å². The summed E-state index contributed by atoms with van der Waals surface area (Å²) in [6.07, 6.45) is 4.62. The van der Waals surface area contributed by atoms with E-state index >= 15 is 0 Å². The van der Waals surface area contributed by atoms with Crippen LogP contribution in [0.15, 0.2) is 67.0 Å². The third kappa shape index (κ3) is 4.79. The van der Waals surface area contributed by atoms with Crippen LogP contribution in [-0.4, -0.2) is 4.98 Å². The fourth-order valence-corrected chi connectivity index (χ4v) is 3.94. The normalized spacial score (nSPS) is 12.0. The van der Waals surface area contributed by atoms with Crippen molar-refractivity contribution in [1.29, 1.82) is 0 Å². The minimum Gasteiger partial charge on any atom is -1.00 e. The molecule has 1 unspecified atom stereocenters. The molecule has 0 amide bonds. The predicted molar refractivity (Wildman–Crippen MR) is 102 cm³/mol. The first-order valence-corrected chi connectivity index (χ1v) is 9.42. The van der Waals surface area contributed by atoms with Gasteiger partial charge in [-0.15, -0.1) is 11.3 Å². The lowest BCUT2D eigenvalue weighted by Gasteiger charge is -2.07. The number of nitrogens with two attached hydrogens (primary N) is 1. The molecule has 0 fully saturated rings. The highest BCUT2D eigenvalue weighted by Crippen LogP contribution is 2.27. The van der Waals surface area contributed by atoms with Crippen molar-refractivity contribution < 1.29 is 30.3 Å². The van der Waals surface area contributed by atoms with Gasteiger partial charge in [-0.05, 0) is 54.4 Å². The fourth-order valence-electron chi connectivity index (χ4n) is 2.95. The zero-order valence-corrected chi connectivity index (χ0v) is 17.3. The molecule has 2 heterocycles. The Bertz CT molecular complexity index is 1070. The monoisotopic (exact) mass is 461 g/mol. The Balaban J connectivity index is 0.00000225. The highest BCUT2D eigenvalue weighted by atomic mass is 79.9. The van der Waals surface area contributed by atoms with Crippen molar-refractivity contribution in [1.82, 2.24) is 4.98 Å². The number of fused-ring (bicyclic) bond motifs is 1. The first-order chi connectivity index (χ1) is 13.1. The highest BCUT2D eigenvalue weighted by molar-refractivity contribution is 7.18. The molecule has 0 aliphatic rings. The molecular weight excluding hydrogens is 444 g/mol. The van der Waals surface area contributed by atoms with E-state index in [0.717, 1.165) is 26.4 Å². The summed E-state index contributed by atoms with van der Waals surface area (Å²) >= 11 is 1.43. The zero-order chi connectivity index (χ0) is 18.8. The van der Waals surface area contributed by atoms with E-state index in [1.807, 2.05) is 29.1 Å². The number of thiazole rings is 1. The van der Waals surface area contributed by atoms with E-state index in [9.17, 15) is 8.78 Å². The summed E-state index contributed by atoms with van der Waals surface area (Å²) in [6.45, 7) is 0.677. The fraction of sp³-hybridized carbons (Fsp3) is 0.143. The smallest absolute Gasteiger partial charge is 0.173 e. The molecule has 3 nitrogen and oxygen atoms in total. The summed E-state index contributed by atoms with van der Waals surface area (Å²) in [7, 11) is 0. The quantitative estimate of drug-likeness (QED) is 0.453. The first kappa shape index (κ1) is 20.5. The van der Waals surface area contributed by atoms with E-state index in [0.29, 0.717) is 13.0 Å². The average molecular weight is 462 g/mol. The maximum Gasteiger partial charge on any atom is 0.173 e. The molecule has 7 heteroatoms. The minimum atomic E-state index is -0.264. The van der Waals surface area contributed by atoms with Crippen LogP contribution in [0.5, 0.6) is 0 Å². The third-order valence-corrected chi connectivity index (χ3v) is 5.53. The molecule has 2 aromatic carbocycles. The van der Waals surface area contributed by atoms with Gasteiger partial charge < -0.3 is 22.7 Å². The number of hydrogen-bond acceptors (Lipinski definition) is 3. The summed E-state index contributed by atoms with van der Waals surface area (Å²) in [5, 5.41) is 0.804. The van der Waals surface area contributed by atoms with E-state index < -0.39 is 0 Å². The van der Waals surface area contributed by atoms with Crippen molar-refractivity contribution in [2.24, 2.45) is 5.73 Å². The van der Waals surface area contributed by atoms with Gasteiger partial charge in [0.05, 0.1) is 16.3 Å². The lowest BCUT2D eigenvalue weighted by atomic mass is 10.1. The standard InChI is InChI=1S/C21H18F2N3S.BrH/c22-16-3-1-15(2-4-16)13-26-9-7-14(8-10-26)11-18(24)21-25-19-6-5-17(23)12-20(19)27-21;/h1-10,12,18H,11,13,24H2;1H/q+1;/p-1. The predicted octanol–water partition coefficient (Wildman–Crippen LogP) is 1.16. The Morgan fingerprint density at radius 2 is 1.61 bits per heavy atom. The third-order valence-electron chi connectivity index (χ3n) is 4.38. The molecule has 2 N–H and O–H groups in total. The van der Waals surface area contributed by atoms with Crippen LogP contribution in [0.1, 0.15) is 22.2 Å². The molecule has 144 valence electrons. The van der Waals surface area contributed by atoms with E-state index in [1.165, 1.54) is 35.6 Å². The van der Waals surface area contributed by atoms with Crippen LogP contribution >= 0.6 is 11.3 Å². The largest absolute Gasteiger partial charge is 1.00 e. The molecule has 0 aliphatic carbocycles. The van der Waals surface area contributed by atoms with Gasteiger partial charge in [0.25, 0.3) is 0 Å². The van der Waals surface area contributed by atoms with Crippen LogP contribution in [0.25, 0.3) is 10.2 Å². The minimum absolute atomic E-state index is 0. The number of benzene rings is 2. The number of halogens is 3. The molecule has 0 bridgehead atoms. The summed E-state index contributed by atoms with van der Waals surface area (Å²) in [4.78, 5) is 4.52. The Morgan fingerprint density at radius 1 is 0.929 bits per heavy atom. The van der Waals surface area contributed by atoms with Crippen LogP contribution in [0.4, 0.5) is 8.78 Å². The van der Waals surface area contributed by atoms with E-state index in [-0.39, 0.29) is 34.7 Å². The molecule has 0 spiro atoms. The SMILES string of the molecule is NC(Cc1cc[n+](Cc2ccc(F)cc2)cc1)c1nc2ccc(F)cc2s1.[Br-]. The molecule has 2 aromatic heterocycles. The maximum absolute atomic E-state index is 13.3. The van der Waals surface area contributed by atoms with Crippen molar-refractivity contribution >= 4 is 21.6 Å². The molecule has 0 saturated heterocycles. The summed E-state index contributed by atoms with van der Waals surface area (Å²) in [6, 6.07) is 14.9. The summed E-state index contributed by atoms with van der Waals surface area (Å²) in [5.41, 5.74) is 9.23. The highest BCUT2D eigenvalue weighted by Gasteiger charge is 2.14. The first-order valence-electron chi connectivity index (χ1n) is 8.61. The average Bonchev–Trinajstić information content (AvgIpc) is 3.08. The lowest BCUT2D eigenvalue weighted by molar-refractivity contribution is -0.688. The van der Waals surface area contributed by atoms with Gasteiger partial charge in [-0.1, -0.05) is 0 Å². The maximum atomic E-state index is 13.3. The van der Waals surface area contributed by atoms with Gasteiger partial charge in [0.1, 0.15) is 16.6 Å². The summed E-state index contributed by atoms with van der Waals surface area (Å²) < 4.78 is 29.2. The molecule has 1 atom stereocenters. The second-order valence-corrected chi connectivity index (χ2v) is 7.54. The molecule has 0 aliphatic heterocycles. The van der Waals surface area contributed by atoms with Crippen molar-refractivity contribution in [3.05, 3.63) is 94.8 Å². The zero-order valence-electron chi connectivity index (χ0n) is 14.9. The van der Waals surface area contributed by atoms with E-state index in [2.05, 4.69) is 4.98 Å². The van der Waals surface area contributed by atoms with Crippen LogP contribution in [0.2, 0.25) is 0 Å². The van der Waals surface area contributed by atoms with Gasteiger partial charge in [0.2, 0.25) is 0 Å². The molecule has 0 saturated carbocycles. The lowest BCUT2D eigenvalue weighted by Crippen LogP contribution is -3.00. The molecule has 0 radical (unpaired) electrons. The second-order valence-electron chi connectivity index (χ2n) is 6.48. The van der Waals surface area contributed by atoms with Gasteiger partial charge >= 0.3 is 0 Å². The molecular formula is C21H18BrF2N3S. The molecule has 4 rings (SSSR count). The Kier molecular flexibility index (Phi) is 6.49. The second kappa shape index (κ2) is 8.86. The van der Waals surface area contributed by atoms with Gasteiger partial charge in [0, 0.05) is 17.7 Å². The van der Waals surface area contributed by atoms with Gasteiger partial charge in [0.15, 0.2) is 18.9 Å². The number of pyridine rings is 1. The van der Waals surface area contributed by atoms with Crippen molar-refractivity contribution in [2.45, 2.75) is 19.0 Å².